The van der Waals surface area contributed by atoms with Gasteiger partial charge in [0, 0.05) is 22.8 Å². The van der Waals surface area contributed by atoms with E-state index < -0.39 is 0 Å². The van der Waals surface area contributed by atoms with Crippen molar-refractivity contribution in [3.63, 3.8) is 0 Å². The number of pyridine rings is 1. The lowest BCUT2D eigenvalue weighted by molar-refractivity contribution is 0.415. The zero-order valence-electron chi connectivity index (χ0n) is 15.1. The van der Waals surface area contributed by atoms with Gasteiger partial charge in [0.15, 0.2) is 0 Å². The van der Waals surface area contributed by atoms with Crippen LogP contribution in [0.25, 0.3) is 10.9 Å². The molecule has 0 aliphatic heterocycles. The molecule has 3 aromatic rings. The van der Waals surface area contributed by atoms with Crippen molar-refractivity contribution in [3.8, 4) is 5.75 Å². The maximum absolute atomic E-state index is 6.18. The molecule has 2 heterocycles. The fraction of sp³-hybridized carbons (Fsp3) is 0.421. The molecule has 1 aliphatic rings. The minimum atomic E-state index is 0.266. The summed E-state index contributed by atoms with van der Waals surface area (Å²) >= 11 is 1.38. The third kappa shape index (κ3) is 3.37. The molecule has 0 spiro atoms. The molecule has 2 N–H and O–H groups in total. The van der Waals surface area contributed by atoms with Gasteiger partial charge in [-0.15, -0.1) is 5.10 Å². The van der Waals surface area contributed by atoms with Crippen LogP contribution in [0.4, 0.5) is 5.82 Å². The van der Waals surface area contributed by atoms with E-state index >= 15 is 0 Å². The highest BCUT2D eigenvalue weighted by atomic mass is 32.1. The largest absolute Gasteiger partial charge is 0.497 e. The van der Waals surface area contributed by atoms with E-state index in [-0.39, 0.29) is 6.04 Å². The summed E-state index contributed by atoms with van der Waals surface area (Å²) in [5.41, 5.74) is 9.32. The second-order valence-electron chi connectivity index (χ2n) is 6.93. The topological polar surface area (TPSA) is 77.2 Å². The number of hydrogen-bond acceptors (Lipinski definition) is 7. The highest BCUT2D eigenvalue weighted by Gasteiger charge is 2.29. The second-order valence-corrected chi connectivity index (χ2v) is 7.54. The maximum Gasteiger partial charge on any atom is 0.130 e. The molecule has 26 heavy (non-hydrogen) atoms. The summed E-state index contributed by atoms with van der Waals surface area (Å²) in [7, 11) is 1.69. The van der Waals surface area contributed by atoms with Crippen LogP contribution in [0.1, 0.15) is 30.5 Å². The second kappa shape index (κ2) is 7.17. The summed E-state index contributed by atoms with van der Waals surface area (Å²) in [4.78, 5) is 7.29. The molecule has 7 heteroatoms. The number of nitrogens with zero attached hydrogens (tertiary/aromatic N) is 4. The number of aromatic nitrogens is 3. The van der Waals surface area contributed by atoms with Gasteiger partial charge in [-0.1, -0.05) is 4.49 Å². The van der Waals surface area contributed by atoms with Crippen molar-refractivity contribution in [3.05, 3.63) is 40.9 Å². The molecule has 0 saturated heterocycles. The number of fused-ring (bicyclic) bond motifs is 1. The predicted molar refractivity (Wildman–Crippen MR) is 105 cm³/mol. The molecule has 4 rings (SSSR count). The molecule has 0 unspecified atom stereocenters. The summed E-state index contributed by atoms with van der Waals surface area (Å²) in [5.74, 6) is 1.83. The Kier molecular flexibility index (Phi) is 4.74. The molecule has 0 bridgehead atoms. The van der Waals surface area contributed by atoms with Crippen LogP contribution in [0, 0.1) is 6.92 Å². The molecule has 136 valence electrons. The molecular weight excluding hydrogens is 346 g/mol. The van der Waals surface area contributed by atoms with Crippen molar-refractivity contribution in [2.45, 2.75) is 44.8 Å². The molecular formula is C19H23N5OS. The number of rotatable bonds is 5. The van der Waals surface area contributed by atoms with Gasteiger partial charge in [0.05, 0.1) is 24.9 Å². The lowest BCUT2D eigenvalue weighted by Gasteiger charge is -2.30. The fourth-order valence-corrected chi connectivity index (χ4v) is 4.17. The van der Waals surface area contributed by atoms with Gasteiger partial charge in [-0.2, -0.15) is 0 Å². The van der Waals surface area contributed by atoms with Crippen LogP contribution in [-0.4, -0.2) is 33.8 Å². The van der Waals surface area contributed by atoms with Crippen LogP contribution >= 0.6 is 11.5 Å². The number of methoxy groups -OCH3 is 1. The van der Waals surface area contributed by atoms with E-state index in [0.29, 0.717) is 12.6 Å². The van der Waals surface area contributed by atoms with E-state index in [2.05, 4.69) is 27.5 Å². The smallest absolute Gasteiger partial charge is 0.130 e. The Morgan fingerprint density at radius 2 is 2.19 bits per heavy atom. The first-order valence-electron chi connectivity index (χ1n) is 8.87. The summed E-state index contributed by atoms with van der Waals surface area (Å²) in [6.07, 6.45) is 3.12. The fourth-order valence-electron chi connectivity index (χ4n) is 3.73. The average Bonchev–Trinajstić information content (AvgIpc) is 3.31. The third-order valence-corrected chi connectivity index (χ3v) is 5.68. The van der Waals surface area contributed by atoms with E-state index in [0.717, 1.165) is 47.4 Å². The van der Waals surface area contributed by atoms with Gasteiger partial charge >= 0.3 is 0 Å². The van der Waals surface area contributed by atoms with E-state index in [9.17, 15) is 0 Å². The summed E-state index contributed by atoms with van der Waals surface area (Å²) in [6, 6.07) is 8.83. The zero-order valence-corrected chi connectivity index (χ0v) is 15.9. The zero-order chi connectivity index (χ0) is 18.1. The Hall–Kier alpha value is -2.25. The van der Waals surface area contributed by atoms with Crippen LogP contribution in [-0.2, 0) is 6.54 Å². The van der Waals surface area contributed by atoms with Crippen molar-refractivity contribution in [2.75, 3.05) is 12.0 Å². The van der Waals surface area contributed by atoms with Crippen molar-refractivity contribution >= 4 is 28.3 Å². The number of nitrogens with two attached hydrogens (primary N) is 1. The molecule has 2 atom stereocenters. The standard InChI is InChI=1S/C19H23N5OS/c1-12-7-19(21-18-6-5-16(25-2)9-17(12)18)24(10-14-11-26-23-22-14)15-4-3-13(20)8-15/h5-7,9,11,13,15H,3-4,8,10,20H2,1-2H3/t13-,15-/m0/s1. The van der Waals surface area contributed by atoms with Crippen LogP contribution < -0.4 is 15.4 Å². The number of benzene rings is 1. The van der Waals surface area contributed by atoms with Crippen molar-refractivity contribution in [1.29, 1.82) is 0 Å². The first-order chi connectivity index (χ1) is 12.6. The van der Waals surface area contributed by atoms with Gasteiger partial charge in [-0.3, -0.25) is 0 Å². The van der Waals surface area contributed by atoms with E-state index in [1.54, 1.807) is 7.11 Å². The van der Waals surface area contributed by atoms with E-state index in [1.165, 1.54) is 17.1 Å². The molecule has 1 saturated carbocycles. The van der Waals surface area contributed by atoms with Gasteiger partial charge in [0.2, 0.25) is 0 Å². The summed E-state index contributed by atoms with van der Waals surface area (Å²) in [5, 5.41) is 7.35. The van der Waals surface area contributed by atoms with Crippen molar-refractivity contribution in [2.24, 2.45) is 5.73 Å². The molecule has 1 fully saturated rings. The lowest BCUT2D eigenvalue weighted by atomic mass is 10.1. The Morgan fingerprint density at radius 3 is 2.88 bits per heavy atom. The minimum Gasteiger partial charge on any atom is -0.497 e. The monoisotopic (exact) mass is 369 g/mol. The Labute approximate surface area is 157 Å². The highest BCUT2D eigenvalue weighted by molar-refractivity contribution is 7.03. The first-order valence-corrected chi connectivity index (χ1v) is 9.71. The van der Waals surface area contributed by atoms with Gasteiger partial charge < -0.3 is 15.4 Å². The minimum absolute atomic E-state index is 0.266. The van der Waals surface area contributed by atoms with Crippen molar-refractivity contribution < 1.29 is 4.74 Å². The van der Waals surface area contributed by atoms with E-state index in [4.69, 9.17) is 15.5 Å². The number of aryl methyl sites for hydroxylation is 1. The predicted octanol–water partition coefficient (Wildman–Crippen LogP) is 3.29. The van der Waals surface area contributed by atoms with Gasteiger partial charge in [0.1, 0.15) is 11.6 Å². The molecule has 2 aromatic heterocycles. The summed E-state index contributed by atoms with van der Waals surface area (Å²) in [6.45, 7) is 2.83. The Balaban J connectivity index is 1.74. The Bertz CT molecular complexity index is 898. The maximum atomic E-state index is 6.18. The first kappa shape index (κ1) is 17.2. The number of hydrogen-bond donors (Lipinski definition) is 1. The van der Waals surface area contributed by atoms with Crippen LogP contribution in [0.5, 0.6) is 5.75 Å². The highest BCUT2D eigenvalue weighted by Crippen LogP contribution is 2.31. The molecule has 1 aliphatic carbocycles. The normalized spacial score (nSPS) is 19.8. The molecule has 0 radical (unpaired) electrons. The lowest BCUT2D eigenvalue weighted by Crippen LogP contribution is -2.35. The van der Waals surface area contributed by atoms with Crippen LogP contribution in [0.2, 0.25) is 0 Å². The molecule has 1 aromatic carbocycles. The van der Waals surface area contributed by atoms with Gasteiger partial charge in [-0.25, -0.2) is 4.98 Å². The van der Waals surface area contributed by atoms with Crippen molar-refractivity contribution in [1.82, 2.24) is 14.6 Å². The molecule has 0 amide bonds. The van der Waals surface area contributed by atoms with Crippen LogP contribution in [0.3, 0.4) is 0 Å². The quantitative estimate of drug-likeness (QED) is 0.744. The average molecular weight is 369 g/mol. The Morgan fingerprint density at radius 1 is 1.31 bits per heavy atom. The van der Waals surface area contributed by atoms with E-state index in [1.807, 2.05) is 23.6 Å². The summed E-state index contributed by atoms with van der Waals surface area (Å²) < 4.78 is 9.36. The van der Waals surface area contributed by atoms with Gasteiger partial charge in [-0.05, 0) is 67.5 Å². The third-order valence-electron chi connectivity index (χ3n) is 5.13. The van der Waals surface area contributed by atoms with Crippen LogP contribution in [0.15, 0.2) is 29.6 Å². The van der Waals surface area contributed by atoms with Gasteiger partial charge in [0.25, 0.3) is 0 Å². The SMILES string of the molecule is COc1ccc2nc(N(Cc3csnn3)[C@H]3CC[C@H](N)C3)cc(C)c2c1. The number of anilines is 1. The number of ether oxygens (including phenoxy) is 1. The molecule has 6 nitrogen and oxygen atoms in total.